The molecule has 66 valence electrons. The molecule has 0 unspecified atom stereocenters. The molecule has 0 aromatic carbocycles. The van der Waals surface area contributed by atoms with Crippen molar-refractivity contribution in [3.63, 3.8) is 0 Å². The van der Waals surface area contributed by atoms with Gasteiger partial charge in [-0.3, -0.25) is 4.79 Å². The lowest BCUT2D eigenvalue weighted by Gasteiger charge is -2.14. The summed E-state index contributed by atoms with van der Waals surface area (Å²) in [4.78, 5) is 11.1. The zero-order valence-corrected chi connectivity index (χ0v) is 6.96. The molecular weight excluding hydrogens is 156 g/mol. The van der Waals surface area contributed by atoms with Gasteiger partial charge in [0.1, 0.15) is 0 Å². The highest BCUT2D eigenvalue weighted by molar-refractivity contribution is 5.97. The second-order valence-corrected chi connectivity index (χ2v) is 2.41. The Morgan fingerprint density at radius 2 is 2.50 bits per heavy atom. The van der Waals surface area contributed by atoms with E-state index in [0.29, 0.717) is 18.0 Å². The van der Waals surface area contributed by atoms with Crippen LogP contribution in [0.2, 0.25) is 0 Å². The normalized spacial score (nSPS) is 15.8. The van der Waals surface area contributed by atoms with Crippen LogP contribution in [0, 0.1) is 0 Å². The molecule has 0 amide bonds. The van der Waals surface area contributed by atoms with Gasteiger partial charge in [0, 0.05) is 12.1 Å². The maximum atomic E-state index is 11.1. The second-order valence-electron chi connectivity index (χ2n) is 2.41. The van der Waals surface area contributed by atoms with Gasteiger partial charge in [0.05, 0.1) is 13.7 Å². The van der Waals surface area contributed by atoms with Crippen LogP contribution in [-0.4, -0.2) is 26.0 Å². The summed E-state index contributed by atoms with van der Waals surface area (Å²) in [6.07, 6.45) is 3.44. The molecule has 0 saturated heterocycles. The van der Waals surface area contributed by atoms with Gasteiger partial charge in [0.15, 0.2) is 11.7 Å². The van der Waals surface area contributed by atoms with E-state index in [4.69, 9.17) is 10.5 Å². The van der Waals surface area contributed by atoms with Crippen molar-refractivity contribution < 1.29 is 9.53 Å². The molecule has 0 aromatic heterocycles. The zero-order chi connectivity index (χ0) is 8.97. The summed E-state index contributed by atoms with van der Waals surface area (Å²) < 4.78 is 4.92. The molecule has 1 aliphatic heterocycles. The van der Waals surface area contributed by atoms with Crippen LogP contribution in [0.25, 0.3) is 0 Å². The summed E-state index contributed by atoms with van der Waals surface area (Å²) in [5.41, 5.74) is 5.89. The molecule has 4 nitrogen and oxygen atoms in total. The number of rotatable bonds is 3. The molecule has 0 bridgehead atoms. The monoisotopic (exact) mass is 168 g/mol. The summed E-state index contributed by atoms with van der Waals surface area (Å²) in [7, 11) is 1.57. The van der Waals surface area contributed by atoms with Crippen LogP contribution in [0.1, 0.15) is 0 Å². The number of ether oxygens (including phenoxy) is 1. The molecule has 1 heterocycles. The molecule has 0 spiro atoms. The van der Waals surface area contributed by atoms with Crippen LogP contribution in [-0.2, 0) is 9.53 Å². The minimum Gasteiger partial charge on any atom is -0.483 e. The number of allylic oxidation sites excluding steroid dienone is 2. The van der Waals surface area contributed by atoms with Gasteiger partial charge in [-0.05, 0) is 12.2 Å². The predicted octanol–water partition coefficient (Wildman–Crippen LogP) is -0.468. The first-order chi connectivity index (χ1) is 5.77. The SMILES string of the molecule is COC1=CC=C(C(=O)CN)CN1. The highest BCUT2D eigenvalue weighted by Gasteiger charge is 2.10. The molecule has 0 aliphatic carbocycles. The third kappa shape index (κ3) is 1.85. The lowest BCUT2D eigenvalue weighted by atomic mass is 10.1. The van der Waals surface area contributed by atoms with Crippen molar-refractivity contribution >= 4 is 5.78 Å². The van der Waals surface area contributed by atoms with Crippen LogP contribution in [0.4, 0.5) is 0 Å². The number of nitrogens with one attached hydrogen (secondary N) is 1. The molecular formula is C8H12N2O2. The fraction of sp³-hybridized carbons (Fsp3) is 0.375. The van der Waals surface area contributed by atoms with E-state index in [2.05, 4.69) is 5.32 Å². The fourth-order valence-electron chi connectivity index (χ4n) is 0.939. The largest absolute Gasteiger partial charge is 0.483 e. The van der Waals surface area contributed by atoms with Crippen LogP contribution in [0.5, 0.6) is 0 Å². The second kappa shape index (κ2) is 3.92. The average Bonchev–Trinajstić information content (AvgIpc) is 2.17. The quantitative estimate of drug-likeness (QED) is 0.598. The number of carbonyl (C=O) groups excluding carboxylic acids is 1. The summed E-state index contributed by atoms with van der Waals surface area (Å²) in [6.45, 7) is 0.555. The van der Waals surface area contributed by atoms with E-state index in [1.165, 1.54) is 0 Å². The van der Waals surface area contributed by atoms with E-state index in [1.54, 1.807) is 19.3 Å². The lowest BCUT2D eigenvalue weighted by molar-refractivity contribution is -0.114. The van der Waals surface area contributed by atoms with E-state index >= 15 is 0 Å². The Kier molecular flexibility index (Phi) is 2.88. The Balaban J connectivity index is 2.66. The zero-order valence-electron chi connectivity index (χ0n) is 6.96. The summed E-state index contributed by atoms with van der Waals surface area (Å²) in [5.74, 6) is 0.637. The van der Waals surface area contributed by atoms with Crippen molar-refractivity contribution in [2.24, 2.45) is 5.73 Å². The van der Waals surface area contributed by atoms with E-state index in [-0.39, 0.29) is 12.3 Å². The average molecular weight is 168 g/mol. The molecule has 1 aliphatic rings. The Hall–Kier alpha value is -1.29. The van der Waals surface area contributed by atoms with E-state index in [1.807, 2.05) is 0 Å². The molecule has 0 atom stereocenters. The maximum Gasteiger partial charge on any atom is 0.186 e. The number of hydrogen-bond acceptors (Lipinski definition) is 4. The molecule has 12 heavy (non-hydrogen) atoms. The van der Waals surface area contributed by atoms with Crippen molar-refractivity contribution in [2.45, 2.75) is 0 Å². The minimum atomic E-state index is -0.0334. The Labute approximate surface area is 71.1 Å². The van der Waals surface area contributed by atoms with Gasteiger partial charge < -0.3 is 15.8 Å². The van der Waals surface area contributed by atoms with Crippen LogP contribution in [0.3, 0.4) is 0 Å². The van der Waals surface area contributed by atoms with Gasteiger partial charge >= 0.3 is 0 Å². The number of dihydropyridines is 1. The van der Waals surface area contributed by atoms with E-state index in [0.717, 1.165) is 0 Å². The lowest BCUT2D eigenvalue weighted by Crippen LogP contribution is -2.27. The molecule has 1 rings (SSSR count). The third-order valence-electron chi connectivity index (χ3n) is 1.65. The number of methoxy groups -OCH3 is 1. The number of nitrogens with two attached hydrogens (primary N) is 1. The highest BCUT2D eigenvalue weighted by atomic mass is 16.5. The number of Topliss-reactive ketones (excluding diaryl/α,β-unsaturated/α-hetero) is 1. The Morgan fingerprint density at radius 1 is 1.75 bits per heavy atom. The standard InChI is InChI=1S/C8H12N2O2/c1-12-8-3-2-6(5-10-8)7(11)4-9/h2-3,10H,4-5,9H2,1H3. The van der Waals surface area contributed by atoms with Crippen molar-refractivity contribution in [2.75, 3.05) is 20.2 Å². The molecule has 0 saturated carbocycles. The molecule has 0 radical (unpaired) electrons. The first kappa shape index (κ1) is 8.80. The van der Waals surface area contributed by atoms with Gasteiger partial charge in [0.2, 0.25) is 0 Å². The van der Waals surface area contributed by atoms with Crippen LogP contribution in [0.15, 0.2) is 23.6 Å². The third-order valence-corrected chi connectivity index (χ3v) is 1.65. The van der Waals surface area contributed by atoms with Gasteiger partial charge in [-0.15, -0.1) is 0 Å². The van der Waals surface area contributed by atoms with Gasteiger partial charge in [-0.25, -0.2) is 0 Å². The van der Waals surface area contributed by atoms with Gasteiger partial charge in [-0.2, -0.15) is 0 Å². The fourth-order valence-corrected chi connectivity index (χ4v) is 0.939. The summed E-state index contributed by atoms with van der Waals surface area (Å²) >= 11 is 0. The molecule has 3 N–H and O–H groups in total. The number of ketones is 1. The van der Waals surface area contributed by atoms with E-state index < -0.39 is 0 Å². The first-order valence-electron chi connectivity index (χ1n) is 3.70. The predicted molar refractivity (Wildman–Crippen MR) is 45.2 cm³/mol. The van der Waals surface area contributed by atoms with Gasteiger partial charge in [0.25, 0.3) is 0 Å². The van der Waals surface area contributed by atoms with Crippen molar-refractivity contribution in [1.82, 2.24) is 5.32 Å². The van der Waals surface area contributed by atoms with Crippen LogP contribution < -0.4 is 11.1 Å². The summed E-state index contributed by atoms with van der Waals surface area (Å²) in [6, 6.07) is 0. The topological polar surface area (TPSA) is 64.3 Å². The molecule has 4 heteroatoms. The molecule has 0 fully saturated rings. The van der Waals surface area contributed by atoms with Crippen molar-refractivity contribution in [3.8, 4) is 0 Å². The molecule has 0 aromatic rings. The Morgan fingerprint density at radius 3 is 2.92 bits per heavy atom. The van der Waals surface area contributed by atoms with Gasteiger partial charge in [-0.1, -0.05) is 0 Å². The Bertz CT molecular complexity index is 243. The highest BCUT2D eigenvalue weighted by Crippen LogP contribution is 2.04. The first-order valence-corrected chi connectivity index (χ1v) is 3.70. The number of carbonyl (C=O) groups is 1. The number of hydrogen-bond donors (Lipinski definition) is 2. The smallest absolute Gasteiger partial charge is 0.186 e. The maximum absolute atomic E-state index is 11.1. The minimum absolute atomic E-state index is 0.0334. The van der Waals surface area contributed by atoms with E-state index in [9.17, 15) is 4.79 Å². The van der Waals surface area contributed by atoms with Crippen LogP contribution >= 0.6 is 0 Å². The van der Waals surface area contributed by atoms with Crippen molar-refractivity contribution in [3.05, 3.63) is 23.6 Å². The van der Waals surface area contributed by atoms with Crippen molar-refractivity contribution in [1.29, 1.82) is 0 Å². The summed E-state index contributed by atoms with van der Waals surface area (Å²) in [5, 5.41) is 2.93.